The number of aromatic hydroxyl groups is 1. The van der Waals surface area contributed by atoms with Crippen LogP contribution in [0.15, 0.2) is 35.3 Å². The minimum absolute atomic E-state index is 0.00340. The third-order valence-electron chi connectivity index (χ3n) is 5.85. The molecule has 2 amide bonds. The summed E-state index contributed by atoms with van der Waals surface area (Å²) in [6.07, 6.45) is 1.63. The summed E-state index contributed by atoms with van der Waals surface area (Å²) in [7, 11) is 3.29. The lowest BCUT2D eigenvalue weighted by Crippen LogP contribution is -2.54. The highest BCUT2D eigenvalue weighted by Gasteiger charge is 2.41. The Morgan fingerprint density at radius 2 is 1.97 bits per heavy atom. The molecule has 10 heteroatoms. The fourth-order valence-corrected chi connectivity index (χ4v) is 4.06. The molecular formula is C21H23FN4O5. The summed E-state index contributed by atoms with van der Waals surface area (Å²) in [5, 5.41) is 16.2. The summed E-state index contributed by atoms with van der Waals surface area (Å²) in [6.45, 7) is 1.09. The smallest absolute Gasteiger partial charge is 0.288 e. The van der Waals surface area contributed by atoms with Crippen molar-refractivity contribution in [3.63, 3.8) is 0 Å². The number of nitrogens with zero attached hydrogens (tertiary/aromatic N) is 3. The third-order valence-corrected chi connectivity index (χ3v) is 5.85. The van der Waals surface area contributed by atoms with Gasteiger partial charge in [0, 0.05) is 39.4 Å². The highest BCUT2D eigenvalue weighted by molar-refractivity contribution is 5.98. The Morgan fingerprint density at radius 1 is 1.26 bits per heavy atom. The summed E-state index contributed by atoms with van der Waals surface area (Å²) in [4.78, 5) is 38.3. The molecule has 164 valence electrons. The van der Waals surface area contributed by atoms with Crippen molar-refractivity contribution in [2.24, 2.45) is 5.92 Å². The number of nitrogens with one attached hydrogen (secondary N) is 1. The van der Waals surface area contributed by atoms with Gasteiger partial charge in [0.15, 0.2) is 11.4 Å². The molecule has 2 atom stereocenters. The Morgan fingerprint density at radius 3 is 2.61 bits per heavy atom. The average Bonchev–Trinajstić information content (AvgIpc) is 3.28. The number of amides is 2. The maximum atomic E-state index is 13.1. The Labute approximate surface area is 177 Å². The number of benzene rings is 1. The molecule has 1 fully saturated rings. The van der Waals surface area contributed by atoms with Crippen molar-refractivity contribution in [3.8, 4) is 5.75 Å². The highest BCUT2D eigenvalue weighted by atomic mass is 19.1. The normalized spacial score (nSPS) is 21.3. The molecule has 1 saturated heterocycles. The zero-order valence-corrected chi connectivity index (χ0v) is 17.2. The van der Waals surface area contributed by atoms with E-state index in [2.05, 4.69) is 5.32 Å². The van der Waals surface area contributed by atoms with Crippen LogP contribution in [-0.2, 0) is 11.3 Å². The van der Waals surface area contributed by atoms with Gasteiger partial charge in [-0.05, 0) is 24.1 Å². The van der Waals surface area contributed by atoms with E-state index in [4.69, 9.17) is 4.74 Å². The van der Waals surface area contributed by atoms with Gasteiger partial charge in [0.1, 0.15) is 17.5 Å². The van der Waals surface area contributed by atoms with Crippen LogP contribution in [0.25, 0.3) is 0 Å². The van der Waals surface area contributed by atoms with Crippen molar-refractivity contribution in [1.29, 1.82) is 0 Å². The number of pyridine rings is 1. The fraction of sp³-hybridized carbons (Fsp3) is 0.381. The highest BCUT2D eigenvalue weighted by Crippen LogP contribution is 2.36. The van der Waals surface area contributed by atoms with Crippen LogP contribution in [0.1, 0.15) is 39.0 Å². The summed E-state index contributed by atoms with van der Waals surface area (Å²) in [5.74, 6) is -2.41. The van der Waals surface area contributed by atoms with Gasteiger partial charge in [0.05, 0.1) is 6.61 Å². The predicted octanol–water partition coefficient (Wildman–Crippen LogP) is 1.09. The molecule has 4 rings (SSSR count). The molecule has 0 spiro atoms. The van der Waals surface area contributed by atoms with Gasteiger partial charge in [-0.15, -0.1) is 0 Å². The van der Waals surface area contributed by atoms with E-state index >= 15 is 0 Å². The van der Waals surface area contributed by atoms with Crippen molar-refractivity contribution in [2.45, 2.75) is 19.1 Å². The summed E-state index contributed by atoms with van der Waals surface area (Å²) < 4.78 is 20.0. The van der Waals surface area contributed by atoms with Crippen LogP contribution in [-0.4, -0.2) is 58.8 Å². The molecule has 2 N–H and O–H groups in total. The zero-order valence-electron chi connectivity index (χ0n) is 17.2. The number of hydrazine groups is 1. The van der Waals surface area contributed by atoms with Crippen LogP contribution in [0.5, 0.6) is 5.75 Å². The molecule has 0 radical (unpaired) electrons. The second-order valence-corrected chi connectivity index (χ2v) is 7.73. The predicted molar refractivity (Wildman–Crippen MR) is 108 cm³/mol. The van der Waals surface area contributed by atoms with E-state index < -0.39 is 35.0 Å². The van der Waals surface area contributed by atoms with Crippen molar-refractivity contribution in [1.82, 2.24) is 19.9 Å². The standard InChI is InChI=1S/C21H23FN4O5/c1-24-20(13-7-8-31-11-13)26-10-15(17(27)18(28)16(26)21(30)25(24)2)19(29)23-9-12-3-5-14(22)6-4-12/h3-6,10,13,20,28H,7-9,11H2,1-2H3,(H,23,29). The van der Waals surface area contributed by atoms with E-state index in [1.54, 1.807) is 19.1 Å². The maximum Gasteiger partial charge on any atom is 0.288 e. The third kappa shape index (κ3) is 3.68. The number of carbonyl (C=O) groups excluding carboxylic acids is 2. The molecule has 0 aliphatic carbocycles. The van der Waals surface area contributed by atoms with E-state index in [1.165, 1.54) is 40.0 Å². The van der Waals surface area contributed by atoms with Gasteiger partial charge in [0.25, 0.3) is 11.8 Å². The fourth-order valence-electron chi connectivity index (χ4n) is 4.06. The number of hydrogen-bond donors (Lipinski definition) is 2. The van der Waals surface area contributed by atoms with Gasteiger partial charge >= 0.3 is 0 Å². The molecule has 0 saturated carbocycles. The first kappa shape index (κ1) is 21.0. The van der Waals surface area contributed by atoms with Gasteiger partial charge in [-0.3, -0.25) is 19.4 Å². The molecule has 9 nitrogen and oxygen atoms in total. The Hall–Kier alpha value is -3.24. The number of halogens is 1. The second-order valence-electron chi connectivity index (χ2n) is 7.73. The number of rotatable bonds is 4. The Kier molecular flexibility index (Phi) is 5.50. The van der Waals surface area contributed by atoms with Crippen LogP contribution >= 0.6 is 0 Å². The first-order chi connectivity index (χ1) is 14.8. The van der Waals surface area contributed by atoms with Crippen LogP contribution < -0.4 is 10.7 Å². The minimum Gasteiger partial charge on any atom is -0.503 e. The molecule has 2 aliphatic rings. The topological polar surface area (TPSA) is 104 Å². The van der Waals surface area contributed by atoms with Crippen molar-refractivity contribution in [2.75, 3.05) is 27.3 Å². The number of ether oxygens (including phenoxy) is 1. The van der Waals surface area contributed by atoms with E-state index in [1.807, 2.05) is 0 Å². The van der Waals surface area contributed by atoms with Crippen LogP contribution in [0.2, 0.25) is 0 Å². The van der Waals surface area contributed by atoms with Crippen LogP contribution in [0, 0.1) is 11.7 Å². The Balaban J connectivity index is 1.71. The molecule has 2 aliphatic heterocycles. The van der Waals surface area contributed by atoms with Crippen molar-refractivity contribution >= 4 is 11.8 Å². The molecule has 2 aromatic rings. The maximum absolute atomic E-state index is 13.1. The first-order valence-electron chi connectivity index (χ1n) is 9.89. The number of carbonyl (C=O) groups is 2. The molecule has 1 aromatic carbocycles. The van der Waals surface area contributed by atoms with E-state index in [9.17, 15) is 23.9 Å². The zero-order chi connectivity index (χ0) is 22.3. The van der Waals surface area contributed by atoms with Gasteiger partial charge < -0.3 is 19.7 Å². The van der Waals surface area contributed by atoms with Crippen molar-refractivity contribution < 1.29 is 23.8 Å². The molecule has 1 aromatic heterocycles. The molecule has 3 heterocycles. The summed E-state index contributed by atoms with van der Waals surface area (Å²) >= 11 is 0. The molecule has 2 unspecified atom stereocenters. The quantitative estimate of drug-likeness (QED) is 0.753. The van der Waals surface area contributed by atoms with Gasteiger partial charge in [-0.1, -0.05) is 12.1 Å². The molecular weight excluding hydrogens is 407 g/mol. The van der Waals surface area contributed by atoms with E-state index in [0.29, 0.717) is 18.8 Å². The summed E-state index contributed by atoms with van der Waals surface area (Å²) in [5.41, 5.74) is -0.708. The van der Waals surface area contributed by atoms with Gasteiger partial charge in [-0.25, -0.2) is 4.39 Å². The Bertz CT molecular complexity index is 1080. The van der Waals surface area contributed by atoms with E-state index in [0.717, 1.165) is 6.42 Å². The second kappa shape index (κ2) is 8.12. The molecule has 0 bridgehead atoms. The minimum atomic E-state index is -0.921. The van der Waals surface area contributed by atoms with Crippen LogP contribution in [0.3, 0.4) is 0 Å². The lowest BCUT2D eigenvalue weighted by molar-refractivity contribution is -0.0650. The number of hydrogen-bond acceptors (Lipinski definition) is 6. The first-order valence-corrected chi connectivity index (χ1v) is 9.89. The number of aromatic nitrogens is 1. The van der Waals surface area contributed by atoms with Crippen LogP contribution in [0.4, 0.5) is 4.39 Å². The number of fused-ring (bicyclic) bond motifs is 1. The largest absolute Gasteiger partial charge is 0.503 e. The summed E-state index contributed by atoms with van der Waals surface area (Å²) in [6, 6.07) is 5.58. The van der Waals surface area contributed by atoms with Gasteiger partial charge in [-0.2, -0.15) is 5.01 Å². The average molecular weight is 430 g/mol. The lowest BCUT2D eigenvalue weighted by atomic mass is 10.0. The van der Waals surface area contributed by atoms with E-state index in [-0.39, 0.29) is 23.7 Å². The monoisotopic (exact) mass is 430 g/mol. The lowest BCUT2D eigenvalue weighted by Gasteiger charge is -2.44. The molecule has 31 heavy (non-hydrogen) atoms. The van der Waals surface area contributed by atoms with Gasteiger partial charge in [0.2, 0.25) is 5.43 Å². The SMILES string of the molecule is CN1C(=O)c2c(O)c(=O)c(C(=O)NCc3ccc(F)cc3)cn2C(C2CCOC2)N1C. The van der Waals surface area contributed by atoms with Crippen molar-refractivity contribution in [3.05, 3.63) is 63.3 Å².